The van der Waals surface area contributed by atoms with E-state index in [2.05, 4.69) is 26.8 Å². The molecule has 5 nitrogen and oxygen atoms in total. The Morgan fingerprint density at radius 1 is 0.933 bits per heavy atom. The summed E-state index contributed by atoms with van der Waals surface area (Å²) in [5.41, 5.74) is 8.52. The van der Waals surface area contributed by atoms with Crippen molar-refractivity contribution in [3.8, 4) is 16.9 Å². The molecule has 0 aromatic heterocycles. The number of rotatable bonds is 6. The van der Waals surface area contributed by atoms with Gasteiger partial charge in [-0.2, -0.15) is 0 Å². The molecule has 0 aliphatic carbocycles. The van der Waals surface area contributed by atoms with Crippen LogP contribution in [0.2, 0.25) is 0 Å². The number of nitrogens with one attached hydrogen (secondary N) is 2. The second kappa shape index (κ2) is 10.1. The average Bonchev–Trinajstić information content (AvgIpc) is 2.78. The maximum Gasteiger partial charge on any atom is 0.279 e. The van der Waals surface area contributed by atoms with Crippen LogP contribution in [0.4, 0.5) is 0 Å². The molecule has 3 aromatic rings. The number of hydrazine groups is 1. The summed E-state index contributed by atoms with van der Waals surface area (Å²) in [4.78, 5) is 24.7. The van der Waals surface area contributed by atoms with Gasteiger partial charge in [0.2, 0.25) is 0 Å². The van der Waals surface area contributed by atoms with Gasteiger partial charge in [0.15, 0.2) is 6.10 Å². The summed E-state index contributed by atoms with van der Waals surface area (Å²) in [6.07, 6.45) is -0.268. The van der Waals surface area contributed by atoms with Crippen LogP contribution in [0, 0.1) is 6.92 Å². The summed E-state index contributed by atoms with van der Waals surface area (Å²) in [6.45, 7) is 3.78. The van der Waals surface area contributed by atoms with E-state index in [1.165, 1.54) is 0 Å². The Hall–Kier alpha value is -3.12. The first-order valence-electron chi connectivity index (χ1n) is 9.66. The Balaban J connectivity index is 1.58. The molecule has 6 heteroatoms. The Kier molecular flexibility index (Phi) is 7.25. The predicted octanol–water partition coefficient (Wildman–Crippen LogP) is 5.04. The Morgan fingerprint density at radius 2 is 1.60 bits per heavy atom. The third kappa shape index (κ3) is 5.48. The van der Waals surface area contributed by atoms with Crippen molar-refractivity contribution < 1.29 is 14.3 Å². The number of hydrogen-bond acceptors (Lipinski definition) is 3. The summed E-state index contributed by atoms with van der Waals surface area (Å²) in [5, 5.41) is 0. The van der Waals surface area contributed by atoms with Gasteiger partial charge in [-0.3, -0.25) is 20.4 Å². The van der Waals surface area contributed by atoms with Gasteiger partial charge < -0.3 is 4.74 Å². The van der Waals surface area contributed by atoms with E-state index in [4.69, 9.17) is 4.74 Å². The van der Waals surface area contributed by atoms with Gasteiger partial charge in [-0.15, -0.1) is 0 Å². The third-order valence-corrected chi connectivity index (χ3v) is 5.49. The molecule has 3 rings (SSSR count). The van der Waals surface area contributed by atoms with Crippen molar-refractivity contribution in [3.63, 3.8) is 0 Å². The minimum atomic E-state index is -0.724. The van der Waals surface area contributed by atoms with Crippen LogP contribution in [0.1, 0.15) is 29.3 Å². The lowest BCUT2D eigenvalue weighted by Crippen LogP contribution is -2.47. The number of hydrogen-bond donors (Lipinski definition) is 2. The Labute approximate surface area is 184 Å². The van der Waals surface area contributed by atoms with Crippen molar-refractivity contribution in [2.75, 3.05) is 0 Å². The molecule has 2 amide bonds. The van der Waals surface area contributed by atoms with Gasteiger partial charge in [-0.05, 0) is 54.3 Å². The minimum Gasteiger partial charge on any atom is -0.481 e. The van der Waals surface area contributed by atoms with Crippen molar-refractivity contribution in [3.05, 3.63) is 88.4 Å². The van der Waals surface area contributed by atoms with Crippen LogP contribution in [0.5, 0.6) is 5.75 Å². The molecule has 154 valence electrons. The predicted molar refractivity (Wildman–Crippen MR) is 121 cm³/mol. The third-order valence-electron chi connectivity index (χ3n) is 4.64. The molecule has 2 N–H and O–H groups in total. The number of benzene rings is 3. The Bertz CT molecular complexity index is 1020. The minimum absolute atomic E-state index is 0.397. The molecule has 0 heterocycles. The van der Waals surface area contributed by atoms with E-state index in [0.29, 0.717) is 17.7 Å². The van der Waals surface area contributed by atoms with Crippen molar-refractivity contribution in [1.82, 2.24) is 10.9 Å². The molecular formula is C24H23BrN2O3. The van der Waals surface area contributed by atoms with Crippen molar-refractivity contribution in [2.24, 2.45) is 0 Å². The largest absolute Gasteiger partial charge is 0.481 e. The number of amides is 2. The van der Waals surface area contributed by atoms with Crippen molar-refractivity contribution in [1.29, 1.82) is 0 Å². The molecule has 0 spiro atoms. The van der Waals surface area contributed by atoms with Gasteiger partial charge in [0, 0.05) is 10.0 Å². The van der Waals surface area contributed by atoms with Crippen molar-refractivity contribution >= 4 is 27.7 Å². The van der Waals surface area contributed by atoms with E-state index in [0.717, 1.165) is 21.2 Å². The van der Waals surface area contributed by atoms with E-state index in [1.807, 2.05) is 74.5 Å². The van der Waals surface area contributed by atoms with Crippen LogP contribution in [-0.4, -0.2) is 17.9 Å². The fourth-order valence-electron chi connectivity index (χ4n) is 2.85. The second-order valence-electron chi connectivity index (χ2n) is 6.81. The monoisotopic (exact) mass is 466 g/mol. The van der Waals surface area contributed by atoms with E-state index in [1.54, 1.807) is 12.1 Å². The maximum absolute atomic E-state index is 12.5. The van der Waals surface area contributed by atoms with Gasteiger partial charge in [0.05, 0.1) is 0 Å². The SMILES string of the molecule is CCC(Oc1ccc(-c2ccccc2)cc1)C(=O)NNC(=O)c1ccc(C)c(Br)c1. The molecule has 0 saturated heterocycles. The smallest absolute Gasteiger partial charge is 0.279 e. The zero-order chi connectivity index (χ0) is 21.5. The molecular weight excluding hydrogens is 444 g/mol. The highest BCUT2D eigenvalue weighted by atomic mass is 79.9. The molecule has 0 saturated carbocycles. The first-order chi connectivity index (χ1) is 14.5. The Morgan fingerprint density at radius 3 is 2.23 bits per heavy atom. The lowest BCUT2D eigenvalue weighted by Gasteiger charge is -2.18. The number of ether oxygens (including phenoxy) is 1. The van der Waals surface area contributed by atoms with Crippen LogP contribution in [0.3, 0.4) is 0 Å². The first kappa shape index (κ1) is 21.6. The highest BCUT2D eigenvalue weighted by Gasteiger charge is 2.19. The van der Waals surface area contributed by atoms with E-state index in [9.17, 15) is 9.59 Å². The molecule has 0 bridgehead atoms. The molecule has 1 atom stereocenters. The lowest BCUT2D eigenvalue weighted by molar-refractivity contribution is -0.128. The summed E-state index contributed by atoms with van der Waals surface area (Å²) in [7, 11) is 0. The number of carbonyl (C=O) groups is 2. The van der Waals surface area contributed by atoms with Gasteiger partial charge in [-0.25, -0.2) is 0 Å². The van der Waals surface area contributed by atoms with Crippen LogP contribution in [-0.2, 0) is 4.79 Å². The van der Waals surface area contributed by atoms with Gasteiger partial charge in [0.25, 0.3) is 11.8 Å². The number of aryl methyl sites for hydroxylation is 1. The zero-order valence-corrected chi connectivity index (χ0v) is 18.4. The summed E-state index contributed by atoms with van der Waals surface area (Å²) < 4.78 is 6.65. The molecule has 0 aliphatic rings. The average molecular weight is 467 g/mol. The normalized spacial score (nSPS) is 11.4. The standard InChI is InChI=1S/C24H23BrN2O3/c1-3-22(24(29)27-26-23(28)19-10-9-16(2)21(25)15-19)30-20-13-11-18(12-14-20)17-7-5-4-6-8-17/h4-15,22H,3H2,1-2H3,(H,26,28)(H,27,29). The molecule has 0 aliphatic heterocycles. The van der Waals surface area contributed by atoms with Crippen LogP contribution >= 0.6 is 15.9 Å². The van der Waals surface area contributed by atoms with E-state index < -0.39 is 17.9 Å². The van der Waals surface area contributed by atoms with E-state index >= 15 is 0 Å². The van der Waals surface area contributed by atoms with E-state index in [-0.39, 0.29) is 0 Å². The van der Waals surface area contributed by atoms with Gasteiger partial charge in [-0.1, -0.05) is 71.4 Å². The highest BCUT2D eigenvalue weighted by Crippen LogP contribution is 2.23. The van der Waals surface area contributed by atoms with Gasteiger partial charge in [0.1, 0.15) is 5.75 Å². The molecule has 0 radical (unpaired) electrons. The van der Waals surface area contributed by atoms with Crippen LogP contribution in [0.15, 0.2) is 77.3 Å². The van der Waals surface area contributed by atoms with Crippen LogP contribution < -0.4 is 15.6 Å². The fourth-order valence-corrected chi connectivity index (χ4v) is 3.23. The quantitative estimate of drug-likeness (QED) is 0.499. The molecule has 30 heavy (non-hydrogen) atoms. The number of halogens is 1. The van der Waals surface area contributed by atoms with Gasteiger partial charge >= 0.3 is 0 Å². The molecule has 0 fully saturated rings. The highest BCUT2D eigenvalue weighted by molar-refractivity contribution is 9.10. The molecule has 1 unspecified atom stereocenters. The summed E-state index contributed by atoms with van der Waals surface area (Å²) in [5.74, 6) is -0.222. The summed E-state index contributed by atoms with van der Waals surface area (Å²) >= 11 is 3.40. The lowest BCUT2D eigenvalue weighted by atomic mass is 10.1. The summed E-state index contributed by atoms with van der Waals surface area (Å²) in [6, 6.07) is 22.8. The molecule has 3 aromatic carbocycles. The first-order valence-corrected chi connectivity index (χ1v) is 10.5. The zero-order valence-electron chi connectivity index (χ0n) is 16.8. The maximum atomic E-state index is 12.5. The number of carbonyl (C=O) groups excluding carboxylic acids is 2. The topological polar surface area (TPSA) is 67.4 Å². The fraction of sp³-hybridized carbons (Fsp3) is 0.167. The van der Waals surface area contributed by atoms with Crippen LogP contribution in [0.25, 0.3) is 11.1 Å². The van der Waals surface area contributed by atoms with Crippen molar-refractivity contribution in [2.45, 2.75) is 26.4 Å². The second-order valence-corrected chi connectivity index (χ2v) is 7.67.